The minimum absolute atomic E-state index is 0.312. The van der Waals surface area contributed by atoms with Gasteiger partial charge in [-0.2, -0.15) is 0 Å². The Morgan fingerprint density at radius 1 is 1.26 bits per heavy atom. The highest BCUT2D eigenvalue weighted by Gasteiger charge is 2.15. The highest BCUT2D eigenvalue weighted by molar-refractivity contribution is 7.98. The van der Waals surface area contributed by atoms with Crippen LogP contribution in [0.3, 0.4) is 0 Å². The lowest BCUT2D eigenvalue weighted by Gasteiger charge is -2.09. The van der Waals surface area contributed by atoms with Crippen LogP contribution in [0.1, 0.15) is 27.3 Å². The predicted molar refractivity (Wildman–Crippen MR) is 76.7 cm³/mol. The summed E-state index contributed by atoms with van der Waals surface area (Å²) in [4.78, 5) is 16.3. The van der Waals surface area contributed by atoms with Gasteiger partial charge in [-0.25, -0.2) is 4.79 Å². The van der Waals surface area contributed by atoms with Crippen molar-refractivity contribution in [2.24, 2.45) is 0 Å². The van der Waals surface area contributed by atoms with E-state index in [2.05, 4.69) is 4.98 Å². The molecule has 2 rings (SSSR count). The number of hydrogen-bond acceptors (Lipinski definition) is 3. The average molecular weight is 273 g/mol. The SMILES string of the molecule is Cc1cc(SCc2ccccc2)c(C(=O)O)c(C)n1. The molecule has 0 bridgehead atoms. The maximum absolute atomic E-state index is 11.3. The zero-order valence-corrected chi connectivity index (χ0v) is 11.7. The van der Waals surface area contributed by atoms with Gasteiger partial charge in [-0.3, -0.25) is 4.98 Å². The van der Waals surface area contributed by atoms with Crippen molar-refractivity contribution in [1.29, 1.82) is 0 Å². The quantitative estimate of drug-likeness (QED) is 0.863. The molecule has 0 aliphatic heterocycles. The molecule has 1 aromatic heterocycles. The fraction of sp³-hybridized carbons (Fsp3) is 0.200. The number of aryl methyl sites for hydroxylation is 2. The summed E-state index contributed by atoms with van der Waals surface area (Å²) in [6.45, 7) is 3.62. The summed E-state index contributed by atoms with van der Waals surface area (Å²) in [5.41, 5.74) is 2.91. The molecule has 0 aliphatic carbocycles. The van der Waals surface area contributed by atoms with E-state index < -0.39 is 5.97 Å². The van der Waals surface area contributed by atoms with E-state index in [1.165, 1.54) is 17.3 Å². The second-order valence-corrected chi connectivity index (χ2v) is 5.32. The van der Waals surface area contributed by atoms with Crippen LogP contribution in [0.5, 0.6) is 0 Å². The van der Waals surface area contributed by atoms with Gasteiger partial charge in [0.2, 0.25) is 0 Å². The molecular weight excluding hydrogens is 258 g/mol. The highest BCUT2D eigenvalue weighted by Crippen LogP contribution is 2.28. The van der Waals surface area contributed by atoms with Crippen LogP contribution in [0, 0.1) is 13.8 Å². The number of thioether (sulfide) groups is 1. The molecule has 3 nitrogen and oxygen atoms in total. The minimum Gasteiger partial charge on any atom is -0.478 e. The number of carboxylic acids is 1. The van der Waals surface area contributed by atoms with E-state index in [4.69, 9.17) is 0 Å². The van der Waals surface area contributed by atoms with Crippen LogP contribution >= 0.6 is 11.8 Å². The molecule has 2 aromatic rings. The third-order valence-corrected chi connectivity index (χ3v) is 3.85. The fourth-order valence-corrected chi connectivity index (χ4v) is 3.05. The first-order chi connectivity index (χ1) is 9.08. The van der Waals surface area contributed by atoms with Crippen molar-refractivity contribution in [2.75, 3.05) is 0 Å². The van der Waals surface area contributed by atoms with Gasteiger partial charge in [-0.1, -0.05) is 30.3 Å². The Bertz CT molecular complexity index is 597. The maximum atomic E-state index is 11.3. The van der Waals surface area contributed by atoms with Crippen LogP contribution in [0.2, 0.25) is 0 Å². The smallest absolute Gasteiger partial charge is 0.338 e. The number of hydrogen-bond donors (Lipinski definition) is 1. The largest absolute Gasteiger partial charge is 0.478 e. The molecular formula is C15H15NO2S. The summed E-state index contributed by atoms with van der Waals surface area (Å²) in [6.07, 6.45) is 0. The standard InChI is InChI=1S/C15H15NO2S/c1-10-8-13(14(15(17)18)11(2)16-10)19-9-12-6-4-3-5-7-12/h3-8H,9H2,1-2H3,(H,17,18). The fourth-order valence-electron chi connectivity index (χ4n) is 1.90. The van der Waals surface area contributed by atoms with Crippen LogP contribution in [0.15, 0.2) is 41.3 Å². The molecule has 0 radical (unpaired) electrons. The molecule has 0 amide bonds. The molecule has 0 atom stereocenters. The van der Waals surface area contributed by atoms with Gasteiger partial charge < -0.3 is 5.11 Å². The van der Waals surface area contributed by atoms with E-state index in [9.17, 15) is 9.90 Å². The van der Waals surface area contributed by atoms with Crippen LogP contribution in [-0.2, 0) is 5.75 Å². The van der Waals surface area contributed by atoms with Crippen molar-refractivity contribution in [3.8, 4) is 0 Å². The normalized spacial score (nSPS) is 10.4. The lowest BCUT2D eigenvalue weighted by Crippen LogP contribution is -2.05. The number of aromatic carboxylic acids is 1. The lowest BCUT2D eigenvalue weighted by atomic mass is 10.2. The van der Waals surface area contributed by atoms with Crippen LogP contribution in [-0.4, -0.2) is 16.1 Å². The average Bonchev–Trinajstić information content (AvgIpc) is 2.36. The molecule has 1 N–H and O–H groups in total. The zero-order chi connectivity index (χ0) is 13.8. The first kappa shape index (κ1) is 13.6. The summed E-state index contributed by atoms with van der Waals surface area (Å²) >= 11 is 1.54. The Morgan fingerprint density at radius 3 is 2.58 bits per heavy atom. The lowest BCUT2D eigenvalue weighted by molar-refractivity contribution is 0.0691. The third kappa shape index (κ3) is 3.35. The Kier molecular flexibility index (Phi) is 4.22. The van der Waals surface area contributed by atoms with E-state index >= 15 is 0 Å². The molecule has 0 aliphatic rings. The van der Waals surface area contributed by atoms with Gasteiger partial charge in [0, 0.05) is 16.3 Å². The number of benzene rings is 1. The zero-order valence-electron chi connectivity index (χ0n) is 10.9. The second-order valence-electron chi connectivity index (χ2n) is 4.30. The highest BCUT2D eigenvalue weighted by atomic mass is 32.2. The topological polar surface area (TPSA) is 50.2 Å². The first-order valence-corrected chi connectivity index (χ1v) is 6.94. The Balaban J connectivity index is 2.27. The third-order valence-electron chi connectivity index (χ3n) is 2.74. The van der Waals surface area contributed by atoms with Gasteiger partial charge in [0.15, 0.2) is 0 Å². The monoisotopic (exact) mass is 273 g/mol. The van der Waals surface area contributed by atoms with Crippen LogP contribution in [0.25, 0.3) is 0 Å². The van der Waals surface area contributed by atoms with Crippen molar-refractivity contribution >= 4 is 17.7 Å². The summed E-state index contributed by atoms with van der Waals surface area (Å²) in [5, 5.41) is 9.28. The number of carbonyl (C=O) groups is 1. The van der Waals surface area contributed by atoms with Crippen molar-refractivity contribution in [2.45, 2.75) is 24.5 Å². The molecule has 19 heavy (non-hydrogen) atoms. The second kappa shape index (κ2) is 5.89. The molecule has 1 heterocycles. The van der Waals surface area contributed by atoms with Gasteiger partial charge in [0.1, 0.15) is 0 Å². The van der Waals surface area contributed by atoms with Gasteiger partial charge in [-0.05, 0) is 25.5 Å². The van der Waals surface area contributed by atoms with Gasteiger partial charge in [0.25, 0.3) is 0 Å². The van der Waals surface area contributed by atoms with Crippen LogP contribution in [0.4, 0.5) is 0 Å². The van der Waals surface area contributed by atoms with Crippen molar-refractivity contribution in [1.82, 2.24) is 4.98 Å². The number of nitrogens with zero attached hydrogens (tertiary/aromatic N) is 1. The number of pyridine rings is 1. The van der Waals surface area contributed by atoms with E-state index in [1.807, 2.05) is 43.3 Å². The van der Waals surface area contributed by atoms with Crippen molar-refractivity contribution < 1.29 is 9.90 Å². The molecule has 0 saturated carbocycles. The summed E-state index contributed by atoms with van der Waals surface area (Å²) in [6, 6.07) is 11.8. The Hall–Kier alpha value is -1.81. The molecule has 0 fully saturated rings. The minimum atomic E-state index is -0.916. The molecule has 0 saturated heterocycles. The number of aromatic nitrogens is 1. The van der Waals surface area contributed by atoms with Gasteiger partial charge in [0.05, 0.1) is 11.3 Å². The number of rotatable bonds is 4. The predicted octanol–water partition coefficient (Wildman–Crippen LogP) is 3.69. The van der Waals surface area contributed by atoms with Crippen molar-refractivity contribution in [3.05, 3.63) is 58.9 Å². The summed E-state index contributed by atoms with van der Waals surface area (Å²) in [7, 11) is 0. The van der Waals surface area contributed by atoms with E-state index in [1.54, 1.807) is 6.92 Å². The van der Waals surface area contributed by atoms with E-state index in [-0.39, 0.29) is 0 Å². The summed E-state index contributed by atoms with van der Waals surface area (Å²) in [5.74, 6) is -0.162. The van der Waals surface area contributed by atoms with Gasteiger partial charge in [-0.15, -0.1) is 11.8 Å². The maximum Gasteiger partial charge on any atom is 0.338 e. The number of carboxylic acid groups (broad SMARTS) is 1. The summed E-state index contributed by atoms with van der Waals surface area (Å²) < 4.78 is 0. The van der Waals surface area contributed by atoms with E-state index in [0.29, 0.717) is 11.3 Å². The Labute approximate surface area is 116 Å². The molecule has 0 spiro atoms. The Morgan fingerprint density at radius 2 is 1.95 bits per heavy atom. The van der Waals surface area contributed by atoms with Gasteiger partial charge >= 0.3 is 5.97 Å². The first-order valence-electron chi connectivity index (χ1n) is 5.96. The molecule has 4 heteroatoms. The molecule has 1 aromatic carbocycles. The van der Waals surface area contributed by atoms with Crippen molar-refractivity contribution in [3.63, 3.8) is 0 Å². The molecule has 0 unspecified atom stereocenters. The van der Waals surface area contributed by atoms with E-state index in [0.717, 1.165) is 16.3 Å². The molecule has 98 valence electrons. The van der Waals surface area contributed by atoms with Crippen LogP contribution < -0.4 is 0 Å².